The molecule has 1 heterocycles. The summed E-state index contributed by atoms with van der Waals surface area (Å²) in [5.41, 5.74) is 0.484. The van der Waals surface area contributed by atoms with E-state index < -0.39 is 0 Å². The number of carbonyl (C=O) groups excluding carboxylic acids is 1. The Morgan fingerprint density at radius 2 is 1.83 bits per heavy atom. The van der Waals surface area contributed by atoms with Gasteiger partial charge in [-0.15, -0.1) is 11.3 Å². The Kier molecular flexibility index (Phi) is 7.58. The van der Waals surface area contributed by atoms with Crippen molar-refractivity contribution >= 4 is 34.8 Å². The van der Waals surface area contributed by atoms with Crippen LogP contribution in [0, 0.1) is 0 Å². The van der Waals surface area contributed by atoms with E-state index in [9.17, 15) is 4.79 Å². The summed E-state index contributed by atoms with van der Waals surface area (Å²) in [7, 11) is 1.72. The number of hydrogen-bond donors (Lipinski definition) is 3. The topological polar surface area (TPSA) is 65.5 Å². The van der Waals surface area contributed by atoms with Gasteiger partial charge in [-0.05, 0) is 30.0 Å². The van der Waals surface area contributed by atoms with Crippen molar-refractivity contribution in [1.82, 2.24) is 16.0 Å². The third-order valence-corrected chi connectivity index (χ3v) is 4.55. The lowest BCUT2D eigenvalue weighted by Gasteiger charge is -2.12. The number of nitrogens with zero attached hydrogens (tertiary/aromatic N) is 1. The first-order chi connectivity index (χ1) is 11.7. The molecule has 5 nitrogen and oxygen atoms in total. The minimum absolute atomic E-state index is 0.178. The maximum atomic E-state index is 12.0. The standard InChI is InChI=1S/C17H21ClN4OS/c1-19-17(21-9-8-13-5-4-12-24-13)22-11-10-20-16(23)14-6-2-3-7-15(14)18/h2-7,12H,8-11H2,1H3,(H,20,23)(H2,19,21,22). The van der Waals surface area contributed by atoms with Crippen molar-refractivity contribution in [3.05, 3.63) is 57.2 Å². The van der Waals surface area contributed by atoms with Crippen LogP contribution >= 0.6 is 22.9 Å². The molecule has 1 aromatic carbocycles. The second kappa shape index (κ2) is 9.95. The molecule has 1 amide bonds. The molecule has 0 spiro atoms. The molecule has 0 bridgehead atoms. The van der Waals surface area contributed by atoms with Gasteiger partial charge in [-0.1, -0.05) is 29.8 Å². The highest BCUT2D eigenvalue weighted by Crippen LogP contribution is 2.14. The van der Waals surface area contributed by atoms with Gasteiger partial charge in [0, 0.05) is 31.6 Å². The Balaban J connectivity index is 1.65. The van der Waals surface area contributed by atoms with Crippen LogP contribution in [0.15, 0.2) is 46.8 Å². The van der Waals surface area contributed by atoms with Crippen LogP contribution in [0.4, 0.5) is 0 Å². The van der Waals surface area contributed by atoms with E-state index in [1.54, 1.807) is 42.6 Å². The lowest BCUT2D eigenvalue weighted by atomic mass is 10.2. The summed E-state index contributed by atoms with van der Waals surface area (Å²) in [6, 6.07) is 11.2. The lowest BCUT2D eigenvalue weighted by molar-refractivity contribution is 0.0954. The molecule has 0 aliphatic heterocycles. The number of guanidine groups is 1. The molecular formula is C17H21ClN4OS. The number of aliphatic imine (C=N–C) groups is 1. The van der Waals surface area contributed by atoms with E-state index >= 15 is 0 Å². The molecule has 128 valence electrons. The number of amides is 1. The first-order valence-corrected chi connectivity index (χ1v) is 8.96. The lowest BCUT2D eigenvalue weighted by Crippen LogP contribution is -2.42. The van der Waals surface area contributed by atoms with Crippen LogP contribution in [0.25, 0.3) is 0 Å². The van der Waals surface area contributed by atoms with Gasteiger partial charge >= 0.3 is 0 Å². The quantitative estimate of drug-likeness (QED) is 0.402. The van der Waals surface area contributed by atoms with E-state index in [2.05, 4.69) is 38.5 Å². The monoisotopic (exact) mass is 364 g/mol. The third kappa shape index (κ3) is 5.86. The molecule has 0 saturated carbocycles. The highest BCUT2D eigenvalue weighted by atomic mass is 35.5. The number of rotatable bonds is 7. The van der Waals surface area contributed by atoms with E-state index in [0.29, 0.717) is 23.7 Å². The number of thiophene rings is 1. The molecular weight excluding hydrogens is 344 g/mol. The van der Waals surface area contributed by atoms with E-state index in [4.69, 9.17) is 11.6 Å². The molecule has 0 atom stereocenters. The zero-order valence-electron chi connectivity index (χ0n) is 13.5. The molecule has 0 unspecified atom stereocenters. The van der Waals surface area contributed by atoms with Gasteiger partial charge in [-0.2, -0.15) is 0 Å². The average molecular weight is 365 g/mol. The molecule has 0 radical (unpaired) electrons. The first-order valence-electron chi connectivity index (χ1n) is 7.70. The van der Waals surface area contributed by atoms with Crippen LogP contribution < -0.4 is 16.0 Å². The zero-order valence-corrected chi connectivity index (χ0v) is 15.1. The molecule has 1 aromatic heterocycles. The van der Waals surface area contributed by atoms with Crippen molar-refractivity contribution in [3.8, 4) is 0 Å². The molecule has 2 rings (SSSR count). The normalized spacial score (nSPS) is 11.2. The van der Waals surface area contributed by atoms with Crippen molar-refractivity contribution in [1.29, 1.82) is 0 Å². The van der Waals surface area contributed by atoms with Crippen molar-refractivity contribution in [2.45, 2.75) is 6.42 Å². The Morgan fingerprint density at radius 3 is 2.54 bits per heavy atom. The number of carbonyl (C=O) groups is 1. The van der Waals surface area contributed by atoms with Crippen LogP contribution in [0.5, 0.6) is 0 Å². The smallest absolute Gasteiger partial charge is 0.252 e. The van der Waals surface area contributed by atoms with E-state index in [1.165, 1.54) is 4.88 Å². The van der Waals surface area contributed by atoms with Gasteiger partial charge in [0.1, 0.15) is 0 Å². The fourth-order valence-corrected chi connectivity index (χ4v) is 3.01. The second-order valence-corrected chi connectivity index (χ2v) is 6.43. The van der Waals surface area contributed by atoms with Gasteiger partial charge in [-0.25, -0.2) is 0 Å². The van der Waals surface area contributed by atoms with Crippen LogP contribution in [0.1, 0.15) is 15.2 Å². The zero-order chi connectivity index (χ0) is 17.2. The largest absolute Gasteiger partial charge is 0.356 e. The Bertz CT molecular complexity index is 673. The summed E-state index contributed by atoms with van der Waals surface area (Å²) in [4.78, 5) is 17.5. The predicted octanol–water partition coefficient (Wildman–Crippen LogP) is 2.54. The molecule has 0 aliphatic carbocycles. The van der Waals surface area contributed by atoms with Crippen LogP contribution in [-0.2, 0) is 6.42 Å². The summed E-state index contributed by atoms with van der Waals surface area (Å²) >= 11 is 7.75. The van der Waals surface area contributed by atoms with E-state index in [-0.39, 0.29) is 5.91 Å². The van der Waals surface area contributed by atoms with Gasteiger partial charge in [-0.3, -0.25) is 9.79 Å². The fraction of sp³-hybridized carbons (Fsp3) is 0.294. The van der Waals surface area contributed by atoms with Crippen LogP contribution in [0.3, 0.4) is 0 Å². The van der Waals surface area contributed by atoms with Gasteiger partial charge in [0.2, 0.25) is 0 Å². The molecule has 0 aliphatic rings. The summed E-state index contributed by atoms with van der Waals surface area (Å²) in [6.07, 6.45) is 0.960. The highest BCUT2D eigenvalue weighted by molar-refractivity contribution is 7.09. The molecule has 3 N–H and O–H groups in total. The third-order valence-electron chi connectivity index (χ3n) is 3.29. The van der Waals surface area contributed by atoms with Crippen molar-refractivity contribution < 1.29 is 4.79 Å². The molecule has 0 fully saturated rings. The maximum Gasteiger partial charge on any atom is 0.252 e. The van der Waals surface area contributed by atoms with Crippen LogP contribution in [-0.4, -0.2) is 38.5 Å². The Morgan fingerprint density at radius 1 is 1.08 bits per heavy atom. The summed E-state index contributed by atoms with van der Waals surface area (Å²) in [6.45, 7) is 1.87. The number of benzene rings is 1. The number of hydrogen-bond acceptors (Lipinski definition) is 3. The predicted molar refractivity (Wildman–Crippen MR) is 101 cm³/mol. The van der Waals surface area contributed by atoms with Gasteiger partial charge in [0.15, 0.2) is 5.96 Å². The minimum atomic E-state index is -0.178. The maximum absolute atomic E-state index is 12.0. The van der Waals surface area contributed by atoms with Gasteiger partial charge in [0.25, 0.3) is 5.91 Å². The van der Waals surface area contributed by atoms with Crippen molar-refractivity contribution in [3.63, 3.8) is 0 Å². The fourth-order valence-electron chi connectivity index (χ4n) is 2.08. The minimum Gasteiger partial charge on any atom is -0.356 e. The second-order valence-electron chi connectivity index (χ2n) is 4.99. The molecule has 0 saturated heterocycles. The molecule has 7 heteroatoms. The van der Waals surface area contributed by atoms with E-state index in [1.807, 2.05) is 0 Å². The molecule has 2 aromatic rings. The first kappa shape index (κ1) is 18.3. The highest BCUT2D eigenvalue weighted by Gasteiger charge is 2.08. The average Bonchev–Trinajstić information content (AvgIpc) is 3.10. The number of halogens is 1. The summed E-state index contributed by atoms with van der Waals surface area (Å²) < 4.78 is 0. The Hall–Kier alpha value is -2.05. The van der Waals surface area contributed by atoms with Crippen molar-refractivity contribution in [2.24, 2.45) is 4.99 Å². The molecule has 24 heavy (non-hydrogen) atoms. The van der Waals surface area contributed by atoms with E-state index in [0.717, 1.165) is 18.9 Å². The summed E-state index contributed by atoms with van der Waals surface area (Å²) in [5.74, 6) is 0.543. The summed E-state index contributed by atoms with van der Waals surface area (Å²) in [5, 5.41) is 11.8. The van der Waals surface area contributed by atoms with Gasteiger partial charge in [0.05, 0.1) is 10.6 Å². The Labute approximate surface area is 151 Å². The SMILES string of the molecule is CN=C(NCCNC(=O)c1ccccc1Cl)NCCc1cccs1. The van der Waals surface area contributed by atoms with Crippen LogP contribution in [0.2, 0.25) is 5.02 Å². The number of nitrogens with one attached hydrogen (secondary N) is 3. The van der Waals surface area contributed by atoms with Gasteiger partial charge < -0.3 is 16.0 Å². The van der Waals surface area contributed by atoms with Crippen molar-refractivity contribution in [2.75, 3.05) is 26.7 Å².